The van der Waals surface area contributed by atoms with E-state index in [4.69, 9.17) is 5.11 Å². The van der Waals surface area contributed by atoms with E-state index in [-0.39, 0.29) is 5.48 Å². The third-order valence-corrected chi connectivity index (χ3v) is 0.390. The summed E-state index contributed by atoms with van der Waals surface area (Å²) < 4.78 is 0. The van der Waals surface area contributed by atoms with Crippen LogP contribution in [-0.4, -0.2) is 22.5 Å². The summed E-state index contributed by atoms with van der Waals surface area (Å²) in [4.78, 5) is 19.4. The Kier molecular flexibility index (Phi) is 5.64. The molecule has 52 valence electrons. The van der Waals surface area contributed by atoms with E-state index in [2.05, 4.69) is 5.73 Å². The lowest BCUT2D eigenvalue weighted by molar-refractivity contribution is -0.131. The molecule has 0 aromatic rings. The number of nitrogens with two attached hydrogens (primary N) is 1. The van der Waals surface area contributed by atoms with Crippen LogP contribution in [0.2, 0.25) is 0 Å². The quantitative estimate of drug-likeness (QED) is 0.437. The predicted octanol–water partition coefficient (Wildman–Crippen LogP) is -1.71. The van der Waals surface area contributed by atoms with E-state index >= 15 is 0 Å². The van der Waals surface area contributed by atoms with E-state index in [9.17, 15) is 9.59 Å². The highest BCUT2D eigenvalue weighted by atomic mass is 16.4. The first-order chi connectivity index (χ1) is 3.63. The SMILES string of the molecule is NC(=O)/C=C\C(=O)O.O. The van der Waals surface area contributed by atoms with Crippen molar-refractivity contribution in [1.29, 1.82) is 0 Å². The first kappa shape index (κ1) is 10.6. The number of rotatable bonds is 2. The fourth-order valence-corrected chi connectivity index (χ4v) is 0.153. The van der Waals surface area contributed by atoms with Gasteiger partial charge in [-0.05, 0) is 0 Å². The molecule has 0 aromatic heterocycles. The molecule has 0 fully saturated rings. The molecule has 0 spiro atoms. The van der Waals surface area contributed by atoms with Crippen molar-refractivity contribution in [1.82, 2.24) is 0 Å². The van der Waals surface area contributed by atoms with Crippen molar-refractivity contribution >= 4 is 11.9 Å². The lowest BCUT2D eigenvalue weighted by atomic mass is 10.5. The van der Waals surface area contributed by atoms with Gasteiger partial charge in [0.2, 0.25) is 5.91 Å². The number of carboxylic acid groups (broad SMARTS) is 1. The number of carbonyl (C=O) groups excluding carboxylic acids is 1. The molecule has 0 heterocycles. The minimum Gasteiger partial charge on any atom is -0.478 e. The second-order valence-corrected chi connectivity index (χ2v) is 1.07. The molecule has 0 saturated carbocycles. The molecule has 0 unspecified atom stereocenters. The minimum absolute atomic E-state index is 0. The average molecular weight is 133 g/mol. The Morgan fingerprint density at radius 2 is 1.78 bits per heavy atom. The summed E-state index contributed by atoms with van der Waals surface area (Å²) in [6, 6.07) is 0. The molecule has 1 amide bonds. The van der Waals surface area contributed by atoms with Crippen LogP contribution in [-0.2, 0) is 9.59 Å². The van der Waals surface area contributed by atoms with Gasteiger partial charge in [-0.25, -0.2) is 4.79 Å². The summed E-state index contributed by atoms with van der Waals surface area (Å²) in [5, 5.41) is 7.87. The topological polar surface area (TPSA) is 112 Å². The Balaban J connectivity index is 0. The molecular weight excluding hydrogens is 126 g/mol. The van der Waals surface area contributed by atoms with Crippen LogP contribution in [0.4, 0.5) is 0 Å². The third kappa shape index (κ3) is 10.8. The van der Waals surface area contributed by atoms with Gasteiger partial charge in [0.05, 0.1) is 0 Å². The van der Waals surface area contributed by atoms with Crippen molar-refractivity contribution in [2.24, 2.45) is 5.73 Å². The molecule has 0 rings (SSSR count). The predicted molar refractivity (Wildman–Crippen MR) is 29.6 cm³/mol. The molecule has 5 heteroatoms. The maximum Gasteiger partial charge on any atom is 0.328 e. The molecule has 0 atom stereocenters. The number of carbonyl (C=O) groups is 2. The zero-order chi connectivity index (χ0) is 6.57. The first-order valence-electron chi connectivity index (χ1n) is 1.83. The van der Waals surface area contributed by atoms with Gasteiger partial charge in [0.25, 0.3) is 0 Å². The summed E-state index contributed by atoms with van der Waals surface area (Å²) in [6.45, 7) is 0. The highest BCUT2D eigenvalue weighted by molar-refractivity contribution is 5.92. The zero-order valence-electron chi connectivity index (χ0n) is 4.50. The zero-order valence-corrected chi connectivity index (χ0v) is 4.50. The fraction of sp³-hybridized carbons (Fsp3) is 0. The van der Waals surface area contributed by atoms with Crippen LogP contribution in [0.15, 0.2) is 12.2 Å². The van der Waals surface area contributed by atoms with Gasteiger partial charge in [0, 0.05) is 12.2 Å². The van der Waals surface area contributed by atoms with Crippen LogP contribution in [0.3, 0.4) is 0 Å². The number of primary amides is 1. The van der Waals surface area contributed by atoms with Gasteiger partial charge in [0.15, 0.2) is 0 Å². The van der Waals surface area contributed by atoms with Gasteiger partial charge in [-0.1, -0.05) is 0 Å². The Morgan fingerprint density at radius 1 is 1.33 bits per heavy atom. The second-order valence-electron chi connectivity index (χ2n) is 1.07. The van der Waals surface area contributed by atoms with Gasteiger partial charge < -0.3 is 16.3 Å². The third-order valence-electron chi connectivity index (χ3n) is 0.390. The largest absolute Gasteiger partial charge is 0.478 e. The molecule has 0 saturated heterocycles. The summed E-state index contributed by atoms with van der Waals surface area (Å²) in [5.41, 5.74) is 4.55. The van der Waals surface area contributed by atoms with Crippen LogP contribution in [0, 0.1) is 0 Å². The smallest absolute Gasteiger partial charge is 0.328 e. The van der Waals surface area contributed by atoms with E-state index in [1.54, 1.807) is 0 Å². The van der Waals surface area contributed by atoms with Crippen molar-refractivity contribution in [3.63, 3.8) is 0 Å². The Hall–Kier alpha value is -1.36. The molecule has 0 aromatic carbocycles. The molecule has 5 N–H and O–H groups in total. The molecule has 0 aliphatic rings. The number of aliphatic carboxylic acids is 1. The van der Waals surface area contributed by atoms with Crippen molar-refractivity contribution in [3.05, 3.63) is 12.2 Å². The molecule has 9 heavy (non-hydrogen) atoms. The van der Waals surface area contributed by atoms with Crippen LogP contribution in [0.25, 0.3) is 0 Å². The van der Waals surface area contributed by atoms with Crippen molar-refractivity contribution in [3.8, 4) is 0 Å². The summed E-state index contributed by atoms with van der Waals surface area (Å²) in [7, 11) is 0. The lowest BCUT2D eigenvalue weighted by Crippen LogP contribution is -2.06. The van der Waals surface area contributed by atoms with E-state index in [0.29, 0.717) is 6.08 Å². The maximum absolute atomic E-state index is 9.78. The molecular formula is C4H7NO4. The fourth-order valence-electron chi connectivity index (χ4n) is 0.153. The summed E-state index contributed by atoms with van der Waals surface area (Å²) in [6.07, 6.45) is 1.46. The molecule has 0 radical (unpaired) electrons. The minimum atomic E-state index is -1.18. The Labute approximate surface area is 51.1 Å². The van der Waals surface area contributed by atoms with Crippen molar-refractivity contribution in [2.75, 3.05) is 0 Å². The number of hydrogen-bond acceptors (Lipinski definition) is 2. The number of amides is 1. The van der Waals surface area contributed by atoms with Gasteiger partial charge in [-0.15, -0.1) is 0 Å². The standard InChI is InChI=1S/C4H5NO3.H2O/c5-3(6)1-2-4(7)8;/h1-2H,(H2,5,6)(H,7,8);1H2/b2-1-;. The van der Waals surface area contributed by atoms with E-state index in [1.165, 1.54) is 0 Å². The van der Waals surface area contributed by atoms with Gasteiger partial charge in [0.1, 0.15) is 0 Å². The summed E-state index contributed by atoms with van der Waals surface area (Å²) in [5.74, 6) is -1.93. The maximum atomic E-state index is 9.78. The average Bonchev–Trinajstić information content (AvgIpc) is 1.61. The number of hydrogen-bond donors (Lipinski definition) is 2. The summed E-state index contributed by atoms with van der Waals surface area (Å²) >= 11 is 0. The van der Waals surface area contributed by atoms with Crippen molar-refractivity contribution < 1.29 is 20.2 Å². The van der Waals surface area contributed by atoms with Gasteiger partial charge in [-0.2, -0.15) is 0 Å². The Bertz CT molecular complexity index is 124. The Morgan fingerprint density at radius 3 is 1.89 bits per heavy atom. The molecule has 0 bridgehead atoms. The highest BCUT2D eigenvalue weighted by Crippen LogP contribution is 1.68. The van der Waals surface area contributed by atoms with Gasteiger partial charge >= 0.3 is 5.97 Å². The molecule has 0 aliphatic heterocycles. The van der Waals surface area contributed by atoms with Gasteiger partial charge in [-0.3, -0.25) is 4.79 Å². The van der Waals surface area contributed by atoms with Crippen LogP contribution in [0.5, 0.6) is 0 Å². The molecule has 5 nitrogen and oxygen atoms in total. The monoisotopic (exact) mass is 133 g/mol. The van der Waals surface area contributed by atoms with E-state index in [1.807, 2.05) is 0 Å². The van der Waals surface area contributed by atoms with Crippen molar-refractivity contribution in [2.45, 2.75) is 0 Å². The number of carboxylic acids is 1. The second kappa shape index (κ2) is 4.79. The van der Waals surface area contributed by atoms with Crippen LogP contribution < -0.4 is 5.73 Å². The van der Waals surface area contributed by atoms with E-state index in [0.717, 1.165) is 6.08 Å². The molecule has 0 aliphatic carbocycles. The first-order valence-corrected chi connectivity index (χ1v) is 1.83. The normalized spacial score (nSPS) is 8.44. The van der Waals surface area contributed by atoms with E-state index < -0.39 is 11.9 Å². The van der Waals surface area contributed by atoms with Crippen LogP contribution in [0.1, 0.15) is 0 Å². The lowest BCUT2D eigenvalue weighted by Gasteiger charge is -1.75. The van der Waals surface area contributed by atoms with Crippen LogP contribution >= 0.6 is 0 Å². The highest BCUT2D eigenvalue weighted by Gasteiger charge is 1.86.